The first-order valence-corrected chi connectivity index (χ1v) is 7.46. The maximum Gasteiger partial charge on any atom is 0.293 e. The van der Waals surface area contributed by atoms with Gasteiger partial charge in [-0.1, -0.05) is 0 Å². The largest absolute Gasteiger partial charge is 0.378 e. The number of hydrogen-bond acceptors (Lipinski definition) is 6. The highest BCUT2D eigenvalue weighted by molar-refractivity contribution is 6.05. The minimum absolute atomic E-state index is 0.0873. The number of rotatable bonds is 4. The minimum atomic E-state index is -0.467. The number of nitrogens with zero attached hydrogens (tertiary/aromatic N) is 4. The van der Waals surface area contributed by atoms with Crippen LogP contribution in [0.15, 0.2) is 30.6 Å². The molecule has 0 unspecified atom stereocenters. The van der Waals surface area contributed by atoms with Crippen LogP contribution in [0, 0.1) is 10.1 Å². The maximum absolute atomic E-state index is 12.3. The Hall–Kier alpha value is -2.94. The van der Waals surface area contributed by atoms with Crippen LogP contribution in [0.5, 0.6) is 0 Å². The minimum Gasteiger partial charge on any atom is -0.378 e. The smallest absolute Gasteiger partial charge is 0.293 e. The highest BCUT2D eigenvalue weighted by atomic mass is 16.6. The Morgan fingerprint density at radius 3 is 2.75 bits per heavy atom. The number of carbonyl (C=O) groups is 1. The lowest BCUT2D eigenvalue weighted by molar-refractivity contribution is -0.384. The van der Waals surface area contributed by atoms with E-state index in [9.17, 15) is 14.9 Å². The van der Waals surface area contributed by atoms with Gasteiger partial charge in [0.15, 0.2) is 0 Å². The Labute approximate surface area is 138 Å². The number of hydrogen-bond donors (Lipinski definition) is 1. The Morgan fingerprint density at radius 2 is 2.12 bits per heavy atom. The van der Waals surface area contributed by atoms with Crippen LogP contribution in [0.25, 0.3) is 0 Å². The molecular formula is C15H17N5O4. The molecule has 1 saturated heterocycles. The van der Waals surface area contributed by atoms with Gasteiger partial charge in [0.2, 0.25) is 0 Å². The van der Waals surface area contributed by atoms with Gasteiger partial charge in [-0.2, -0.15) is 5.10 Å². The number of ether oxygens (including phenoxy) is 1. The molecule has 9 nitrogen and oxygen atoms in total. The van der Waals surface area contributed by atoms with Crippen molar-refractivity contribution in [3.63, 3.8) is 0 Å². The molecule has 1 amide bonds. The van der Waals surface area contributed by atoms with Gasteiger partial charge >= 0.3 is 0 Å². The summed E-state index contributed by atoms with van der Waals surface area (Å²) in [5.74, 6) is -0.417. The van der Waals surface area contributed by atoms with Crippen molar-refractivity contribution in [2.75, 3.05) is 36.5 Å². The predicted octanol–water partition coefficient (Wildman–Crippen LogP) is 1.42. The predicted molar refractivity (Wildman–Crippen MR) is 87.3 cm³/mol. The lowest BCUT2D eigenvalue weighted by Gasteiger charge is -2.28. The lowest BCUT2D eigenvalue weighted by Crippen LogP contribution is -2.36. The van der Waals surface area contributed by atoms with Gasteiger partial charge in [-0.05, 0) is 12.1 Å². The second kappa shape index (κ2) is 6.67. The number of nitro groups is 1. The molecule has 1 aromatic carbocycles. The topological polar surface area (TPSA) is 103 Å². The molecule has 0 aliphatic carbocycles. The third-order valence-corrected chi connectivity index (χ3v) is 3.75. The van der Waals surface area contributed by atoms with Gasteiger partial charge in [-0.25, -0.2) is 0 Å². The molecule has 2 heterocycles. The zero-order valence-electron chi connectivity index (χ0n) is 13.1. The number of nitro benzene ring substituents is 1. The molecule has 1 aliphatic heterocycles. The first-order chi connectivity index (χ1) is 11.5. The van der Waals surface area contributed by atoms with Gasteiger partial charge in [0.1, 0.15) is 5.69 Å². The van der Waals surface area contributed by atoms with Crippen LogP contribution < -0.4 is 10.2 Å². The van der Waals surface area contributed by atoms with Gasteiger partial charge < -0.3 is 15.0 Å². The molecule has 1 N–H and O–H groups in total. The van der Waals surface area contributed by atoms with Gasteiger partial charge in [-0.15, -0.1) is 0 Å². The Balaban J connectivity index is 1.85. The molecule has 24 heavy (non-hydrogen) atoms. The molecule has 126 valence electrons. The van der Waals surface area contributed by atoms with Crippen molar-refractivity contribution in [3.8, 4) is 0 Å². The van der Waals surface area contributed by atoms with Crippen molar-refractivity contribution >= 4 is 23.0 Å². The van der Waals surface area contributed by atoms with Gasteiger partial charge in [0.25, 0.3) is 11.6 Å². The molecule has 0 saturated carbocycles. The molecule has 9 heteroatoms. The highest BCUT2D eigenvalue weighted by Crippen LogP contribution is 2.30. The third kappa shape index (κ3) is 3.35. The summed E-state index contributed by atoms with van der Waals surface area (Å²) in [6.07, 6.45) is 3.16. The first-order valence-electron chi connectivity index (χ1n) is 7.46. The van der Waals surface area contributed by atoms with E-state index < -0.39 is 10.8 Å². The summed E-state index contributed by atoms with van der Waals surface area (Å²) >= 11 is 0. The average Bonchev–Trinajstić information content (AvgIpc) is 3.00. The molecule has 1 fully saturated rings. The third-order valence-electron chi connectivity index (χ3n) is 3.75. The molecule has 0 atom stereocenters. The van der Waals surface area contributed by atoms with Crippen LogP contribution in [0.1, 0.15) is 10.4 Å². The Morgan fingerprint density at radius 1 is 1.38 bits per heavy atom. The Kier molecular flexibility index (Phi) is 4.43. The summed E-state index contributed by atoms with van der Waals surface area (Å²) in [7, 11) is 1.73. The fourth-order valence-electron chi connectivity index (χ4n) is 2.57. The summed E-state index contributed by atoms with van der Waals surface area (Å²) < 4.78 is 6.82. The number of amides is 1. The van der Waals surface area contributed by atoms with Crippen LogP contribution >= 0.6 is 0 Å². The molecule has 0 bridgehead atoms. The molecule has 0 spiro atoms. The fourth-order valence-corrected chi connectivity index (χ4v) is 2.57. The second-order valence-corrected chi connectivity index (χ2v) is 5.42. The van der Waals surface area contributed by atoms with Crippen molar-refractivity contribution in [1.29, 1.82) is 0 Å². The van der Waals surface area contributed by atoms with Gasteiger partial charge in [-0.3, -0.25) is 19.6 Å². The molecule has 1 aromatic heterocycles. The Bertz CT molecular complexity index is 767. The molecule has 3 rings (SSSR count). The number of nitrogens with one attached hydrogen (secondary N) is 1. The van der Waals surface area contributed by atoms with Gasteiger partial charge in [0, 0.05) is 38.0 Å². The van der Waals surface area contributed by atoms with E-state index in [0.29, 0.717) is 37.7 Å². The van der Waals surface area contributed by atoms with Crippen molar-refractivity contribution < 1.29 is 14.5 Å². The van der Waals surface area contributed by atoms with E-state index in [2.05, 4.69) is 10.4 Å². The summed E-state index contributed by atoms with van der Waals surface area (Å²) in [5, 5.41) is 18.0. The molecule has 2 aromatic rings. The zero-order valence-corrected chi connectivity index (χ0v) is 13.1. The number of anilines is 2. The number of morpholine rings is 1. The van der Waals surface area contributed by atoms with Crippen LogP contribution in [0.2, 0.25) is 0 Å². The lowest BCUT2D eigenvalue weighted by atomic mass is 10.1. The number of aryl methyl sites for hydroxylation is 1. The summed E-state index contributed by atoms with van der Waals surface area (Å²) in [4.78, 5) is 25.1. The zero-order chi connectivity index (χ0) is 17.1. The molecule has 0 radical (unpaired) electrons. The SMILES string of the molecule is Cn1cc(NC(=O)c2ccc(N3CCOCC3)c([N+](=O)[O-])c2)cn1. The standard InChI is InChI=1S/C15H17N5O4/c1-18-10-12(9-16-18)17-15(21)11-2-3-13(14(8-11)20(22)23)19-4-6-24-7-5-19/h2-3,8-10H,4-7H2,1H3,(H,17,21). The van der Waals surface area contributed by atoms with E-state index in [4.69, 9.17) is 4.74 Å². The molecule has 1 aliphatic rings. The van der Waals surface area contributed by atoms with E-state index in [-0.39, 0.29) is 11.3 Å². The fraction of sp³-hybridized carbons (Fsp3) is 0.333. The summed E-state index contributed by atoms with van der Waals surface area (Å²) in [6.45, 7) is 2.23. The van der Waals surface area contributed by atoms with Crippen LogP contribution in [0.3, 0.4) is 0 Å². The molecular weight excluding hydrogens is 314 g/mol. The summed E-state index contributed by atoms with van der Waals surface area (Å²) in [5.41, 5.74) is 1.17. The highest BCUT2D eigenvalue weighted by Gasteiger charge is 2.23. The van der Waals surface area contributed by atoms with E-state index >= 15 is 0 Å². The van der Waals surface area contributed by atoms with Crippen molar-refractivity contribution in [3.05, 3.63) is 46.3 Å². The van der Waals surface area contributed by atoms with E-state index in [1.165, 1.54) is 12.3 Å². The van der Waals surface area contributed by atoms with Crippen LogP contribution in [-0.4, -0.2) is 46.9 Å². The van der Waals surface area contributed by atoms with E-state index in [0.717, 1.165) is 0 Å². The number of aromatic nitrogens is 2. The first kappa shape index (κ1) is 15.9. The van der Waals surface area contributed by atoms with E-state index in [1.54, 1.807) is 30.1 Å². The van der Waals surface area contributed by atoms with Crippen molar-refractivity contribution in [2.24, 2.45) is 7.05 Å². The van der Waals surface area contributed by atoms with Crippen molar-refractivity contribution in [2.45, 2.75) is 0 Å². The van der Waals surface area contributed by atoms with E-state index in [1.807, 2.05) is 4.90 Å². The van der Waals surface area contributed by atoms with Crippen molar-refractivity contribution in [1.82, 2.24) is 9.78 Å². The number of benzene rings is 1. The second-order valence-electron chi connectivity index (χ2n) is 5.42. The quantitative estimate of drug-likeness (QED) is 0.671. The monoisotopic (exact) mass is 331 g/mol. The van der Waals surface area contributed by atoms with Gasteiger partial charge in [0.05, 0.1) is 30.0 Å². The van der Waals surface area contributed by atoms with Crippen LogP contribution in [0.4, 0.5) is 17.1 Å². The number of carbonyl (C=O) groups excluding carboxylic acids is 1. The normalized spacial score (nSPS) is 14.5. The maximum atomic E-state index is 12.3. The summed E-state index contributed by atoms with van der Waals surface area (Å²) in [6, 6.07) is 4.50. The average molecular weight is 331 g/mol. The van der Waals surface area contributed by atoms with Crippen LogP contribution in [-0.2, 0) is 11.8 Å².